The Balaban J connectivity index is 2.79. The van der Waals surface area contributed by atoms with E-state index in [9.17, 15) is 14.4 Å². The second-order valence-corrected chi connectivity index (χ2v) is 2.60. The number of nitrogens with one attached hydrogen (secondary N) is 1. The van der Waals surface area contributed by atoms with Crippen LogP contribution in [0.25, 0.3) is 0 Å². The molecule has 0 saturated carbocycles. The Morgan fingerprint density at radius 1 is 1.58 bits per heavy atom. The Hall–Kier alpha value is -1.59. The number of carbonyl (C=O) groups is 3. The summed E-state index contributed by atoms with van der Waals surface area (Å²) in [6.07, 6.45) is -0.133. The van der Waals surface area contributed by atoms with Crippen LogP contribution in [-0.2, 0) is 14.4 Å². The lowest BCUT2D eigenvalue weighted by Gasteiger charge is -2.09. The van der Waals surface area contributed by atoms with Gasteiger partial charge in [-0.2, -0.15) is 0 Å². The first-order valence-corrected chi connectivity index (χ1v) is 3.34. The fourth-order valence-electron chi connectivity index (χ4n) is 1.15. The first-order valence-electron chi connectivity index (χ1n) is 3.34. The maximum Gasteiger partial charge on any atom is 0.327 e. The summed E-state index contributed by atoms with van der Waals surface area (Å²) in [5.41, 5.74) is 4.89. The zero-order chi connectivity index (χ0) is 9.30. The van der Waals surface area contributed by atoms with E-state index in [0.717, 1.165) is 0 Å². The maximum atomic E-state index is 10.7. The summed E-state index contributed by atoms with van der Waals surface area (Å²) in [6.45, 7) is 0. The molecular formula is C6H8N2O4. The van der Waals surface area contributed by atoms with Gasteiger partial charge in [0.15, 0.2) is 0 Å². The summed E-state index contributed by atoms with van der Waals surface area (Å²) in [7, 11) is 0. The molecule has 0 spiro atoms. The van der Waals surface area contributed by atoms with Gasteiger partial charge >= 0.3 is 5.97 Å². The minimum atomic E-state index is -1.23. The van der Waals surface area contributed by atoms with E-state index in [1.807, 2.05) is 0 Å². The molecule has 0 aromatic carbocycles. The average Bonchev–Trinajstić information content (AvgIpc) is 2.31. The SMILES string of the molecule is NC(=O)[C@@H]1CC(=O)N[C@H]1C(=O)O. The normalized spacial score (nSPS) is 28.2. The molecule has 1 rings (SSSR count). The fraction of sp³-hybridized carbons (Fsp3) is 0.500. The Kier molecular flexibility index (Phi) is 1.99. The second-order valence-electron chi connectivity index (χ2n) is 2.60. The summed E-state index contributed by atoms with van der Waals surface area (Å²) in [6, 6.07) is -1.16. The molecule has 1 saturated heterocycles. The summed E-state index contributed by atoms with van der Waals surface area (Å²) >= 11 is 0. The largest absolute Gasteiger partial charge is 0.480 e. The van der Waals surface area contributed by atoms with Gasteiger partial charge in [-0.1, -0.05) is 0 Å². The molecule has 12 heavy (non-hydrogen) atoms. The lowest BCUT2D eigenvalue weighted by molar-refractivity contribution is -0.142. The van der Waals surface area contributed by atoms with E-state index in [1.54, 1.807) is 0 Å². The minimum Gasteiger partial charge on any atom is -0.480 e. The molecule has 1 fully saturated rings. The van der Waals surface area contributed by atoms with Crippen molar-refractivity contribution < 1.29 is 19.5 Å². The van der Waals surface area contributed by atoms with E-state index in [4.69, 9.17) is 10.8 Å². The number of hydrogen-bond acceptors (Lipinski definition) is 3. The first kappa shape index (κ1) is 8.51. The lowest BCUT2D eigenvalue weighted by Crippen LogP contribution is -2.41. The van der Waals surface area contributed by atoms with Crippen LogP contribution in [0.5, 0.6) is 0 Å². The van der Waals surface area contributed by atoms with E-state index < -0.39 is 29.7 Å². The average molecular weight is 172 g/mol. The molecule has 0 unspecified atom stereocenters. The fourth-order valence-corrected chi connectivity index (χ4v) is 1.15. The predicted molar refractivity (Wildman–Crippen MR) is 36.9 cm³/mol. The van der Waals surface area contributed by atoms with Crippen LogP contribution in [0.15, 0.2) is 0 Å². The van der Waals surface area contributed by atoms with Gasteiger partial charge in [-0.05, 0) is 0 Å². The van der Waals surface area contributed by atoms with Gasteiger partial charge in [-0.3, -0.25) is 9.59 Å². The molecule has 2 amide bonds. The van der Waals surface area contributed by atoms with Gasteiger partial charge in [-0.25, -0.2) is 4.79 Å². The molecule has 6 nitrogen and oxygen atoms in total. The van der Waals surface area contributed by atoms with Crippen LogP contribution < -0.4 is 11.1 Å². The molecule has 0 aromatic rings. The summed E-state index contributed by atoms with van der Waals surface area (Å²) in [5.74, 6) is -3.37. The first-order chi connectivity index (χ1) is 5.52. The molecular weight excluding hydrogens is 164 g/mol. The van der Waals surface area contributed by atoms with Gasteiger partial charge < -0.3 is 16.2 Å². The van der Waals surface area contributed by atoms with E-state index in [0.29, 0.717) is 0 Å². The highest BCUT2D eigenvalue weighted by Gasteiger charge is 2.40. The molecule has 0 bridgehead atoms. The smallest absolute Gasteiger partial charge is 0.327 e. The topological polar surface area (TPSA) is 109 Å². The predicted octanol–water partition coefficient (Wildman–Crippen LogP) is -1.94. The third-order valence-corrected chi connectivity index (χ3v) is 1.76. The van der Waals surface area contributed by atoms with Crippen molar-refractivity contribution in [3.8, 4) is 0 Å². The molecule has 1 heterocycles. The van der Waals surface area contributed by atoms with Crippen molar-refractivity contribution in [2.45, 2.75) is 12.5 Å². The van der Waals surface area contributed by atoms with E-state index >= 15 is 0 Å². The van der Waals surface area contributed by atoms with E-state index in [-0.39, 0.29) is 6.42 Å². The van der Waals surface area contributed by atoms with Gasteiger partial charge in [-0.15, -0.1) is 0 Å². The highest BCUT2D eigenvalue weighted by molar-refractivity contribution is 5.96. The van der Waals surface area contributed by atoms with Gasteiger partial charge in [0, 0.05) is 6.42 Å². The van der Waals surface area contributed by atoms with Crippen LogP contribution in [0.1, 0.15) is 6.42 Å². The molecule has 4 N–H and O–H groups in total. The highest BCUT2D eigenvalue weighted by Crippen LogP contribution is 2.15. The Labute approximate surface area is 67.7 Å². The van der Waals surface area contributed by atoms with Crippen molar-refractivity contribution in [2.24, 2.45) is 11.7 Å². The van der Waals surface area contributed by atoms with Gasteiger partial charge in [0.2, 0.25) is 11.8 Å². The standard InChI is InChI=1S/C6H8N2O4/c7-5(10)2-1-3(9)8-4(2)6(11)12/h2,4H,1H2,(H2,7,10)(H,8,9)(H,11,12)/t2-,4-/m1/s1. The zero-order valence-electron chi connectivity index (χ0n) is 6.11. The van der Waals surface area contributed by atoms with Crippen LogP contribution in [0.4, 0.5) is 0 Å². The van der Waals surface area contributed by atoms with Crippen LogP contribution in [-0.4, -0.2) is 28.9 Å². The van der Waals surface area contributed by atoms with Crippen LogP contribution in [0.3, 0.4) is 0 Å². The molecule has 6 heteroatoms. The van der Waals surface area contributed by atoms with Gasteiger partial charge in [0.1, 0.15) is 6.04 Å². The van der Waals surface area contributed by atoms with Crippen molar-refractivity contribution in [2.75, 3.05) is 0 Å². The Morgan fingerprint density at radius 3 is 2.50 bits per heavy atom. The monoisotopic (exact) mass is 172 g/mol. The lowest BCUT2D eigenvalue weighted by atomic mass is 10.0. The van der Waals surface area contributed by atoms with Gasteiger partial charge in [0.05, 0.1) is 5.92 Å². The maximum absolute atomic E-state index is 10.7. The summed E-state index contributed by atoms with van der Waals surface area (Å²) < 4.78 is 0. The number of carboxylic acids is 1. The molecule has 0 aliphatic carbocycles. The van der Waals surface area contributed by atoms with Crippen LogP contribution in [0.2, 0.25) is 0 Å². The third-order valence-electron chi connectivity index (χ3n) is 1.76. The Bertz CT molecular complexity index is 226. The van der Waals surface area contributed by atoms with Gasteiger partial charge in [0.25, 0.3) is 0 Å². The molecule has 1 aliphatic rings. The number of carboxylic acid groups (broad SMARTS) is 1. The number of aliphatic carboxylic acids is 1. The number of carbonyl (C=O) groups excluding carboxylic acids is 2. The van der Waals surface area contributed by atoms with Crippen molar-refractivity contribution >= 4 is 17.8 Å². The number of primary amides is 1. The summed E-state index contributed by atoms with van der Waals surface area (Å²) in [5, 5.41) is 10.7. The number of hydrogen-bond donors (Lipinski definition) is 3. The molecule has 2 atom stereocenters. The molecule has 1 aliphatic heterocycles. The van der Waals surface area contributed by atoms with Crippen molar-refractivity contribution in [3.05, 3.63) is 0 Å². The van der Waals surface area contributed by atoms with E-state index in [2.05, 4.69) is 5.32 Å². The summed E-state index contributed by atoms with van der Waals surface area (Å²) in [4.78, 5) is 31.8. The molecule has 0 aromatic heterocycles. The van der Waals surface area contributed by atoms with Crippen molar-refractivity contribution in [1.29, 1.82) is 0 Å². The number of amides is 2. The van der Waals surface area contributed by atoms with Crippen molar-refractivity contribution in [3.63, 3.8) is 0 Å². The number of nitrogens with two attached hydrogens (primary N) is 1. The molecule has 66 valence electrons. The van der Waals surface area contributed by atoms with Crippen LogP contribution >= 0.6 is 0 Å². The minimum absolute atomic E-state index is 0.133. The zero-order valence-corrected chi connectivity index (χ0v) is 6.11. The number of rotatable bonds is 2. The van der Waals surface area contributed by atoms with E-state index in [1.165, 1.54) is 0 Å². The Morgan fingerprint density at radius 2 is 2.17 bits per heavy atom. The quantitative estimate of drug-likeness (QED) is 0.450. The highest BCUT2D eigenvalue weighted by atomic mass is 16.4. The van der Waals surface area contributed by atoms with Crippen molar-refractivity contribution in [1.82, 2.24) is 5.32 Å². The van der Waals surface area contributed by atoms with Crippen LogP contribution in [0, 0.1) is 5.92 Å². The second kappa shape index (κ2) is 2.80. The molecule has 0 radical (unpaired) electrons. The third kappa shape index (κ3) is 1.36.